The van der Waals surface area contributed by atoms with Crippen molar-refractivity contribution >= 4 is 57.7 Å². The van der Waals surface area contributed by atoms with Crippen LogP contribution < -0.4 is 0 Å². The summed E-state index contributed by atoms with van der Waals surface area (Å²) in [7, 11) is 0. The van der Waals surface area contributed by atoms with Crippen molar-refractivity contribution in [3.05, 3.63) is 7.68 Å². The zero-order valence-corrected chi connectivity index (χ0v) is 18.7. The molecule has 0 atom stereocenters. The van der Waals surface area contributed by atoms with E-state index in [1.54, 1.807) is 0 Å². The molecule has 0 fully saturated rings. The monoisotopic (exact) mass is 542 g/mol. The maximum absolute atomic E-state index is 10.1. The molecule has 0 bridgehead atoms. The Bertz CT molecular complexity index is 215. The van der Waals surface area contributed by atoms with E-state index in [4.69, 9.17) is 0 Å². The van der Waals surface area contributed by atoms with Crippen LogP contribution in [0.1, 0.15) is 13.8 Å². The van der Waals surface area contributed by atoms with Gasteiger partial charge in [-0.05, 0) is 0 Å². The van der Waals surface area contributed by atoms with Crippen molar-refractivity contribution in [2.75, 3.05) is 0 Å². The van der Waals surface area contributed by atoms with Gasteiger partial charge in [0.15, 0.2) is 0 Å². The second kappa shape index (κ2) is 5.27. The third-order valence-electron chi connectivity index (χ3n) is 1.79. The molecule has 0 unspecified atom stereocenters. The fraction of sp³-hybridized carbons (Fsp3) is 0.778. The molecule has 0 saturated heterocycles. The van der Waals surface area contributed by atoms with E-state index in [-0.39, 0.29) is 0 Å². The van der Waals surface area contributed by atoms with E-state index in [0.29, 0.717) is 0 Å². The van der Waals surface area contributed by atoms with Crippen LogP contribution >= 0.6 is 25.4 Å². The molecule has 84 valence electrons. The second-order valence-corrected chi connectivity index (χ2v) is 51.9. The van der Waals surface area contributed by atoms with E-state index in [0.717, 1.165) is 0 Å². The van der Waals surface area contributed by atoms with E-state index in [1.165, 1.54) is 3.59 Å². The van der Waals surface area contributed by atoms with Crippen LogP contribution in [0.2, 0.25) is 19.8 Å². The van der Waals surface area contributed by atoms with Crippen LogP contribution in [-0.4, -0.2) is 43.0 Å². The second-order valence-electron chi connectivity index (χ2n) is 5.15. The van der Waals surface area contributed by atoms with Crippen LogP contribution in [0, 0.1) is 0 Å². The van der Waals surface area contributed by atoms with Gasteiger partial charge in [-0.1, -0.05) is 0 Å². The molecular formula is C9H20Br2OSn2. The minimum absolute atomic E-state index is 0.662. The fourth-order valence-corrected chi connectivity index (χ4v) is 37.0. The number of hydrogen-bond donors (Lipinski definition) is 1. The summed E-state index contributed by atoms with van der Waals surface area (Å²) in [5, 5.41) is 10.1. The molecule has 0 aliphatic carbocycles. The van der Waals surface area contributed by atoms with Crippen LogP contribution in [0.15, 0.2) is 7.68 Å². The fourth-order valence-electron chi connectivity index (χ4n) is 1.42. The minimum atomic E-state index is -2.32. The number of halogens is 2. The van der Waals surface area contributed by atoms with Crippen molar-refractivity contribution in [2.45, 2.75) is 39.2 Å². The van der Waals surface area contributed by atoms with E-state index in [2.05, 4.69) is 49.3 Å². The summed E-state index contributed by atoms with van der Waals surface area (Å²) in [6.45, 7) is 3.78. The molecule has 0 aliphatic rings. The summed E-state index contributed by atoms with van der Waals surface area (Å²) in [6.07, 6.45) is 0. The Kier molecular flexibility index (Phi) is 6.12. The molecule has 0 aliphatic heterocycles. The zero-order chi connectivity index (χ0) is 11.8. The maximum atomic E-state index is 10.1. The topological polar surface area (TPSA) is 20.2 Å². The van der Waals surface area contributed by atoms with Gasteiger partial charge in [0.05, 0.1) is 0 Å². The summed E-state index contributed by atoms with van der Waals surface area (Å²) in [5.41, 5.74) is -0.662. The summed E-state index contributed by atoms with van der Waals surface area (Å²) < 4.78 is 3.64. The third kappa shape index (κ3) is 6.76. The number of hydrogen-bond acceptors (Lipinski definition) is 1. The Hall–Kier alpha value is 2.26. The van der Waals surface area contributed by atoms with Crippen molar-refractivity contribution in [3.8, 4) is 0 Å². The van der Waals surface area contributed by atoms with E-state index >= 15 is 0 Å². The van der Waals surface area contributed by atoms with Crippen LogP contribution in [0.4, 0.5) is 0 Å². The number of rotatable bonds is 3. The van der Waals surface area contributed by atoms with Gasteiger partial charge in [0, 0.05) is 0 Å². The molecule has 0 radical (unpaired) electrons. The average Bonchev–Trinajstić information content (AvgIpc) is 1.75. The Labute approximate surface area is 108 Å². The Morgan fingerprint density at radius 1 is 1.14 bits per heavy atom. The first-order chi connectivity index (χ1) is 5.84. The zero-order valence-electron chi connectivity index (χ0n) is 9.78. The Morgan fingerprint density at radius 3 is 1.57 bits per heavy atom. The summed E-state index contributed by atoms with van der Waals surface area (Å²) in [5.74, 6) is 0. The Morgan fingerprint density at radius 2 is 1.50 bits per heavy atom. The van der Waals surface area contributed by atoms with Gasteiger partial charge in [0.25, 0.3) is 0 Å². The van der Waals surface area contributed by atoms with Crippen molar-refractivity contribution < 1.29 is 5.11 Å². The molecule has 14 heavy (non-hydrogen) atoms. The Balaban J connectivity index is 5.26. The summed E-state index contributed by atoms with van der Waals surface area (Å²) in [6, 6.07) is 0. The molecule has 0 amide bonds. The predicted octanol–water partition coefficient (Wildman–Crippen LogP) is 3.96. The van der Waals surface area contributed by atoms with Crippen LogP contribution in [-0.2, 0) is 0 Å². The van der Waals surface area contributed by atoms with Crippen LogP contribution in [0.5, 0.6) is 0 Å². The van der Waals surface area contributed by atoms with Crippen molar-refractivity contribution in [1.82, 2.24) is 0 Å². The first kappa shape index (κ1) is 16.3. The third-order valence-corrected chi connectivity index (χ3v) is 17.1. The van der Waals surface area contributed by atoms with Crippen molar-refractivity contribution in [3.63, 3.8) is 0 Å². The quantitative estimate of drug-likeness (QED) is 0.537. The molecule has 5 heteroatoms. The van der Waals surface area contributed by atoms with Gasteiger partial charge in [-0.15, -0.1) is 0 Å². The first-order valence-corrected chi connectivity index (χ1v) is 32.0. The molecule has 0 rings (SSSR count). The number of aliphatic hydroxyl groups is 1. The van der Waals surface area contributed by atoms with E-state index in [1.807, 2.05) is 13.8 Å². The van der Waals surface area contributed by atoms with E-state index < -0.39 is 37.9 Å². The standard InChI is InChI=1S/C5H8O.4CH3.2BrH.2Sn/c1-4-5(2,3)6;;;;;;;;/h1,6H,2-3H3;4*1H3;2*1H;;/q;;;;;;;2*+1/p-2. The molecule has 0 aromatic carbocycles. The molecular weight excluding hydrogens is 521 g/mol. The van der Waals surface area contributed by atoms with Gasteiger partial charge in [-0.2, -0.15) is 0 Å². The summed E-state index contributed by atoms with van der Waals surface area (Å²) >= 11 is 3.17. The molecule has 1 nitrogen and oxygen atoms in total. The molecule has 0 aromatic heterocycles. The molecule has 0 aromatic rings. The SMILES string of the molecule is CC(C)(O)/[C](=[CH]/[Sn]([CH3])([CH3])[Br])[Sn]([CH3])([CH3])[Br]. The summed E-state index contributed by atoms with van der Waals surface area (Å²) in [4.78, 5) is 9.16. The van der Waals surface area contributed by atoms with Crippen LogP contribution in [0.3, 0.4) is 0 Å². The average molecular weight is 541 g/mol. The molecule has 0 heterocycles. The molecule has 1 N–H and O–H groups in total. The van der Waals surface area contributed by atoms with Gasteiger partial charge in [0.1, 0.15) is 0 Å². The molecule has 0 saturated carbocycles. The van der Waals surface area contributed by atoms with Gasteiger partial charge in [-0.25, -0.2) is 0 Å². The predicted molar refractivity (Wildman–Crippen MR) is 77.2 cm³/mol. The molecule has 0 spiro atoms. The van der Waals surface area contributed by atoms with Gasteiger partial charge in [-0.3, -0.25) is 0 Å². The first-order valence-electron chi connectivity index (χ1n) is 4.68. The van der Waals surface area contributed by atoms with Crippen molar-refractivity contribution in [1.29, 1.82) is 0 Å². The normalized spacial score (nSPS) is 15.9. The van der Waals surface area contributed by atoms with Gasteiger partial charge < -0.3 is 0 Å². The van der Waals surface area contributed by atoms with Gasteiger partial charge in [0.2, 0.25) is 0 Å². The van der Waals surface area contributed by atoms with Gasteiger partial charge >= 0.3 is 110 Å². The van der Waals surface area contributed by atoms with Crippen molar-refractivity contribution in [2.24, 2.45) is 0 Å². The van der Waals surface area contributed by atoms with Crippen LogP contribution in [0.25, 0.3) is 0 Å². The van der Waals surface area contributed by atoms with E-state index in [9.17, 15) is 5.11 Å².